The van der Waals surface area contributed by atoms with Crippen LogP contribution in [0.4, 0.5) is 5.69 Å². The third-order valence-electron chi connectivity index (χ3n) is 3.62. The van der Waals surface area contributed by atoms with E-state index >= 15 is 0 Å². The Hall–Kier alpha value is -1.96. The second kappa shape index (κ2) is 7.08. The van der Waals surface area contributed by atoms with Crippen LogP contribution in [0.15, 0.2) is 18.2 Å². The van der Waals surface area contributed by atoms with Crippen molar-refractivity contribution in [3.63, 3.8) is 0 Å². The third kappa shape index (κ3) is 4.51. The number of rotatable bonds is 8. The minimum absolute atomic E-state index is 0.0138. The second-order valence-corrected chi connectivity index (χ2v) is 7.35. The number of nitrogens with zero attached hydrogens (tertiary/aromatic N) is 1. The summed E-state index contributed by atoms with van der Waals surface area (Å²) in [6.45, 7) is 0.386. The minimum atomic E-state index is -3.51. The average Bonchev–Trinajstić information content (AvgIpc) is 3.34. The minimum Gasteiger partial charge on any atom is -0.497 e. The summed E-state index contributed by atoms with van der Waals surface area (Å²) in [6.07, 6.45) is 2.95. The Morgan fingerprint density at radius 3 is 2.52 bits per heavy atom. The molecule has 1 saturated carbocycles. The fourth-order valence-corrected chi connectivity index (χ4v) is 3.16. The molecule has 1 amide bonds. The van der Waals surface area contributed by atoms with Crippen LogP contribution in [-0.4, -0.2) is 47.9 Å². The molecule has 0 aliphatic heterocycles. The zero-order chi connectivity index (χ0) is 17.0. The highest BCUT2D eigenvalue weighted by Gasteiger charge is 2.29. The van der Waals surface area contributed by atoms with E-state index in [1.165, 1.54) is 18.5 Å². The molecule has 0 radical (unpaired) electrons. The molecule has 1 aromatic carbocycles. The number of amides is 1. The van der Waals surface area contributed by atoms with E-state index in [0.717, 1.165) is 19.1 Å². The van der Waals surface area contributed by atoms with E-state index < -0.39 is 10.0 Å². The first kappa shape index (κ1) is 17.4. The van der Waals surface area contributed by atoms with E-state index in [0.29, 0.717) is 17.2 Å². The number of methoxy groups -OCH3 is 2. The number of nitrogens with one attached hydrogen (secondary N) is 1. The van der Waals surface area contributed by atoms with Crippen LogP contribution >= 0.6 is 0 Å². The smallest absolute Gasteiger partial charge is 0.232 e. The summed E-state index contributed by atoms with van der Waals surface area (Å²) < 4.78 is 35.8. The Labute approximate surface area is 136 Å². The third-order valence-corrected chi connectivity index (χ3v) is 4.80. The Morgan fingerprint density at radius 1 is 1.30 bits per heavy atom. The van der Waals surface area contributed by atoms with Gasteiger partial charge in [0.2, 0.25) is 15.9 Å². The van der Waals surface area contributed by atoms with Crippen molar-refractivity contribution in [1.82, 2.24) is 5.32 Å². The molecule has 2 rings (SSSR count). The highest BCUT2D eigenvalue weighted by atomic mass is 32.2. The van der Waals surface area contributed by atoms with Gasteiger partial charge in [-0.2, -0.15) is 0 Å². The predicted octanol–water partition coefficient (Wildman–Crippen LogP) is 0.996. The molecule has 0 atom stereocenters. The van der Waals surface area contributed by atoms with Crippen LogP contribution in [0.2, 0.25) is 0 Å². The molecule has 23 heavy (non-hydrogen) atoms. The molecule has 0 heterocycles. The van der Waals surface area contributed by atoms with Gasteiger partial charge in [0.05, 0.1) is 32.7 Å². The van der Waals surface area contributed by atoms with Crippen molar-refractivity contribution in [3.8, 4) is 11.5 Å². The molecule has 0 unspecified atom stereocenters. The van der Waals surface area contributed by atoms with Gasteiger partial charge in [0.25, 0.3) is 0 Å². The molecule has 1 N–H and O–H groups in total. The van der Waals surface area contributed by atoms with Crippen LogP contribution in [0.3, 0.4) is 0 Å². The van der Waals surface area contributed by atoms with Gasteiger partial charge in [-0.1, -0.05) is 0 Å². The topological polar surface area (TPSA) is 84.9 Å². The van der Waals surface area contributed by atoms with Gasteiger partial charge in [-0.3, -0.25) is 9.10 Å². The van der Waals surface area contributed by atoms with Gasteiger partial charge in [0.15, 0.2) is 0 Å². The van der Waals surface area contributed by atoms with Crippen molar-refractivity contribution in [2.75, 3.05) is 37.9 Å². The highest BCUT2D eigenvalue weighted by molar-refractivity contribution is 7.92. The number of hydrogen-bond acceptors (Lipinski definition) is 5. The van der Waals surface area contributed by atoms with Gasteiger partial charge in [0, 0.05) is 18.5 Å². The Morgan fingerprint density at radius 2 is 2.00 bits per heavy atom. The number of carbonyl (C=O) groups excluding carboxylic acids is 1. The van der Waals surface area contributed by atoms with Gasteiger partial charge >= 0.3 is 0 Å². The number of sulfonamides is 1. The monoisotopic (exact) mass is 342 g/mol. The maximum Gasteiger partial charge on any atom is 0.232 e. The van der Waals surface area contributed by atoms with E-state index in [-0.39, 0.29) is 24.9 Å². The number of carbonyl (C=O) groups is 1. The summed E-state index contributed by atoms with van der Waals surface area (Å²) in [4.78, 5) is 11.7. The van der Waals surface area contributed by atoms with Crippen molar-refractivity contribution in [3.05, 3.63) is 18.2 Å². The molecule has 0 spiro atoms. The summed E-state index contributed by atoms with van der Waals surface area (Å²) in [5, 5.41) is 2.77. The first-order valence-corrected chi connectivity index (χ1v) is 9.19. The molecule has 8 heteroatoms. The average molecular weight is 342 g/mol. The van der Waals surface area contributed by atoms with Crippen LogP contribution < -0.4 is 19.1 Å². The molecule has 0 aromatic heterocycles. The summed E-state index contributed by atoms with van der Waals surface area (Å²) in [5.41, 5.74) is 0.413. The lowest BCUT2D eigenvalue weighted by atomic mass is 10.2. The van der Waals surface area contributed by atoms with Crippen molar-refractivity contribution >= 4 is 21.6 Å². The van der Waals surface area contributed by atoms with Gasteiger partial charge in [-0.05, 0) is 25.0 Å². The van der Waals surface area contributed by atoms with Crippen LogP contribution in [0, 0.1) is 5.92 Å². The van der Waals surface area contributed by atoms with Gasteiger partial charge in [0.1, 0.15) is 11.5 Å². The largest absolute Gasteiger partial charge is 0.497 e. The molecule has 0 bridgehead atoms. The molecular formula is C15H22N2O5S. The van der Waals surface area contributed by atoms with Crippen molar-refractivity contribution in [2.45, 2.75) is 12.8 Å². The molecule has 1 fully saturated rings. The van der Waals surface area contributed by atoms with Crippen molar-refractivity contribution in [2.24, 2.45) is 5.92 Å². The summed E-state index contributed by atoms with van der Waals surface area (Å²) in [5.74, 6) is 1.04. The van der Waals surface area contributed by atoms with E-state index in [9.17, 15) is 13.2 Å². The molecular weight excluding hydrogens is 320 g/mol. The van der Waals surface area contributed by atoms with Crippen LogP contribution in [0.5, 0.6) is 11.5 Å². The number of anilines is 1. The van der Waals surface area contributed by atoms with Gasteiger partial charge in [-0.25, -0.2) is 8.42 Å². The Balaban J connectivity index is 2.16. The first-order chi connectivity index (χ1) is 10.9. The van der Waals surface area contributed by atoms with Gasteiger partial charge in [-0.15, -0.1) is 0 Å². The SMILES string of the molecule is COc1ccc(N(CCNC(=O)C2CC2)S(C)(=O)=O)c(OC)c1. The molecule has 1 aromatic rings. The summed E-state index contributed by atoms with van der Waals surface area (Å²) >= 11 is 0. The number of hydrogen-bond donors (Lipinski definition) is 1. The molecule has 7 nitrogen and oxygen atoms in total. The Kier molecular flexibility index (Phi) is 5.35. The standard InChI is InChI=1S/C15H22N2O5S/c1-21-12-6-7-13(14(10-12)22-2)17(23(3,19)20)9-8-16-15(18)11-4-5-11/h6-7,10-11H,4-5,8-9H2,1-3H3,(H,16,18). The maximum absolute atomic E-state index is 12.1. The lowest BCUT2D eigenvalue weighted by molar-refractivity contribution is -0.122. The quantitative estimate of drug-likeness (QED) is 0.762. The number of benzene rings is 1. The van der Waals surface area contributed by atoms with Gasteiger partial charge < -0.3 is 14.8 Å². The van der Waals surface area contributed by atoms with Crippen molar-refractivity contribution < 1.29 is 22.7 Å². The first-order valence-electron chi connectivity index (χ1n) is 7.34. The van der Waals surface area contributed by atoms with E-state index in [1.54, 1.807) is 18.2 Å². The molecule has 1 aliphatic carbocycles. The Bertz CT molecular complexity index is 670. The maximum atomic E-state index is 12.1. The van der Waals surface area contributed by atoms with E-state index in [2.05, 4.69) is 5.32 Å². The normalized spacial score (nSPS) is 14.2. The molecule has 0 saturated heterocycles. The van der Waals surface area contributed by atoms with Crippen LogP contribution in [0.1, 0.15) is 12.8 Å². The number of ether oxygens (including phenoxy) is 2. The van der Waals surface area contributed by atoms with Crippen LogP contribution in [0.25, 0.3) is 0 Å². The van der Waals surface area contributed by atoms with Crippen LogP contribution in [-0.2, 0) is 14.8 Å². The fraction of sp³-hybridized carbons (Fsp3) is 0.533. The van der Waals surface area contributed by atoms with E-state index in [4.69, 9.17) is 9.47 Å². The molecule has 128 valence electrons. The zero-order valence-electron chi connectivity index (χ0n) is 13.5. The summed E-state index contributed by atoms with van der Waals surface area (Å²) in [6, 6.07) is 4.91. The van der Waals surface area contributed by atoms with E-state index in [1.807, 2.05) is 0 Å². The predicted molar refractivity (Wildman–Crippen MR) is 87.5 cm³/mol. The fourth-order valence-electron chi connectivity index (χ4n) is 2.23. The molecule has 1 aliphatic rings. The highest BCUT2D eigenvalue weighted by Crippen LogP contribution is 2.33. The second-order valence-electron chi connectivity index (χ2n) is 5.44. The lowest BCUT2D eigenvalue weighted by Crippen LogP contribution is -2.38. The summed E-state index contributed by atoms with van der Waals surface area (Å²) in [7, 11) is -0.522. The van der Waals surface area contributed by atoms with Crippen molar-refractivity contribution in [1.29, 1.82) is 0 Å². The lowest BCUT2D eigenvalue weighted by Gasteiger charge is -2.24. The zero-order valence-corrected chi connectivity index (χ0v) is 14.4.